The molecule has 21 heavy (non-hydrogen) atoms. The van der Waals surface area contributed by atoms with Crippen LogP contribution in [0.4, 0.5) is 4.39 Å². The van der Waals surface area contributed by atoms with Crippen LogP contribution < -0.4 is 0 Å². The Bertz CT molecular complexity index is 808. The van der Waals surface area contributed by atoms with Crippen LogP contribution in [0, 0.1) is 12.7 Å². The Morgan fingerprint density at radius 2 is 2.05 bits per heavy atom. The van der Waals surface area contributed by atoms with Gasteiger partial charge in [-0.2, -0.15) is 0 Å². The predicted molar refractivity (Wildman–Crippen MR) is 81.9 cm³/mol. The molecule has 2 aromatic carbocycles. The van der Waals surface area contributed by atoms with Gasteiger partial charge in [0.25, 0.3) is 0 Å². The second-order valence-electron chi connectivity index (χ2n) is 5.28. The number of hydrogen-bond acceptors (Lipinski definition) is 2. The van der Waals surface area contributed by atoms with Gasteiger partial charge in [0.1, 0.15) is 5.82 Å². The fourth-order valence-corrected chi connectivity index (χ4v) is 2.61. The van der Waals surface area contributed by atoms with Crippen molar-refractivity contribution in [1.82, 2.24) is 9.97 Å². The van der Waals surface area contributed by atoms with Crippen molar-refractivity contribution >= 4 is 11.0 Å². The summed E-state index contributed by atoms with van der Waals surface area (Å²) in [5, 5.41) is 10.0. The number of fused-ring (bicyclic) bond motifs is 1. The highest BCUT2D eigenvalue weighted by molar-refractivity contribution is 5.83. The van der Waals surface area contributed by atoms with E-state index in [1.165, 1.54) is 6.07 Å². The molecule has 0 saturated heterocycles. The van der Waals surface area contributed by atoms with Crippen molar-refractivity contribution in [2.24, 2.45) is 0 Å². The van der Waals surface area contributed by atoms with Crippen molar-refractivity contribution < 1.29 is 9.50 Å². The molecular weight excluding hydrogens is 267 g/mol. The molecule has 4 heteroatoms. The number of nitrogens with one attached hydrogen (secondary N) is 1. The second kappa shape index (κ2) is 5.20. The maximum Gasteiger partial charge on any atom is 0.165 e. The summed E-state index contributed by atoms with van der Waals surface area (Å²) in [6.07, 6.45) is 1.72. The number of aryl methyl sites for hydroxylation is 2. The first-order valence-electron chi connectivity index (χ1n) is 7.06. The number of halogens is 1. The number of phenols is 1. The van der Waals surface area contributed by atoms with Crippen LogP contribution in [0.2, 0.25) is 0 Å². The van der Waals surface area contributed by atoms with Gasteiger partial charge in [0.15, 0.2) is 11.6 Å². The number of aromatic hydroxyl groups is 1. The summed E-state index contributed by atoms with van der Waals surface area (Å²) in [5.74, 6) is -0.0481. The van der Waals surface area contributed by atoms with E-state index in [1.54, 1.807) is 0 Å². The monoisotopic (exact) mass is 284 g/mol. The molecule has 108 valence electrons. The van der Waals surface area contributed by atoms with Gasteiger partial charge in [-0.1, -0.05) is 19.4 Å². The Hall–Kier alpha value is -2.36. The van der Waals surface area contributed by atoms with Gasteiger partial charge in [-0.3, -0.25) is 0 Å². The van der Waals surface area contributed by atoms with Gasteiger partial charge in [0.2, 0.25) is 0 Å². The van der Waals surface area contributed by atoms with Crippen molar-refractivity contribution in [3.05, 3.63) is 47.5 Å². The molecule has 3 nitrogen and oxygen atoms in total. The molecule has 0 spiro atoms. The molecule has 0 unspecified atom stereocenters. The lowest BCUT2D eigenvalue weighted by molar-refractivity contribution is 0.434. The highest BCUT2D eigenvalue weighted by Crippen LogP contribution is 2.34. The van der Waals surface area contributed by atoms with Gasteiger partial charge in [0, 0.05) is 5.56 Å². The van der Waals surface area contributed by atoms with Gasteiger partial charge in [-0.25, -0.2) is 9.37 Å². The van der Waals surface area contributed by atoms with Crippen molar-refractivity contribution in [2.45, 2.75) is 26.7 Å². The Kier molecular flexibility index (Phi) is 3.37. The summed E-state index contributed by atoms with van der Waals surface area (Å²) in [5.41, 5.74) is 3.91. The van der Waals surface area contributed by atoms with E-state index >= 15 is 0 Å². The van der Waals surface area contributed by atoms with E-state index < -0.39 is 5.82 Å². The summed E-state index contributed by atoms with van der Waals surface area (Å²) in [6.45, 7) is 3.93. The lowest BCUT2D eigenvalue weighted by Crippen LogP contribution is -1.90. The van der Waals surface area contributed by atoms with Crippen molar-refractivity contribution in [3.63, 3.8) is 0 Å². The molecule has 0 amide bonds. The van der Waals surface area contributed by atoms with Crippen LogP contribution in [-0.4, -0.2) is 15.1 Å². The van der Waals surface area contributed by atoms with Crippen LogP contribution >= 0.6 is 0 Å². The minimum absolute atomic E-state index is 0.304. The quantitative estimate of drug-likeness (QED) is 0.751. The van der Waals surface area contributed by atoms with E-state index in [2.05, 4.69) is 9.97 Å². The van der Waals surface area contributed by atoms with Crippen LogP contribution in [-0.2, 0) is 6.42 Å². The van der Waals surface area contributed by atoms with Gasteiger partial charge in [0.05, 0.1) is 11.0 Å². The molecular formula is C17H17FN2O. The van der Waals surface area contributed by atoms with Gasteiger partial charge in [-0.05, 0) is 48.7 Å². The van der Waals surface area contributed by atoms with E-state index in [-0.39, 0.29) is 5.75 Å². The zero-order chi connectivity index (χ0) is 15.0. The van der Waals surface area contributed by atoms with Crippen molar-refractivity contribution in [3.8, 4) is 16.9 Å². The summed E-state index contributed by atoms with van der Waals surface area (Å²) in [4.78, 5) is 7.53. The van der Waals surface area contributed by atoms with E-state index in [1.807, 2.05) is 38.1 Å². The largest absolute Gasteiger partial charge is 0.504 e. The van der Waals surface area contributed by atoms with Crippen molar-refractivity contribution in [2.75, 3.05) is 0 Å². The average Bonchev–Trinajstić information content (AvgIpc) is 2.82. The minimum atomic E-state index is -0.575. The lowest BCUT2D eigenvalue weighted by atomic mass is 9.99. The number of benzene rings is 2. The Morgan fingerprint density at radius 1 is 1.24 bits per heavy atom. The highest BCUT2D eigenvalue weighted by atomic mass is 19.1. The first kappa shape index (κ1) is 13.6. The van der Waals surface area contributed by atoms with Gasteiger partial charge < -0.3 is 10.1 Å². The summed E-state index contributed by atoms with van der Waals surface area (Å²) < 4.78 is 13.9. The average molecular weight is 284 g/mol. The van der Waals surface area contributed by atoms with Crippen LogP contribution in [0.1, 0.15) is 24.7 Å². The number of rotatable bonds is 3. The van der Waals surface area contributed by atoms with E-state index in [0.717, 1.165) is 40.8 Å². The third kappa shape index (κ3) is 2.49. The SMILES string of the molecule is CCCc1cc(F)c(O)c(-c2ccc3[nH]c(C)nc3c2)c1. The molecule has 3 aromatic rings. The Labute approximate surface area is 122 Å². The Balaban J connectivity index is 2.16. The normalized spacial score (nSPS) is 11.2. The molecule has 2 N–H and O–H groups in total. The lowest BCUT2D eigenvalue weighted by Gasteiger charge is -2.09. The number of hydrogen-bond donors (Lipinski definition) is 2. The molecule has 0 aliphatic rings. The third-order valence-corrected chi connectivity index (χ3v) is 3.57. The maximum atomic E-state index is 13.9. The van der Waals surface area contributed by atoms with Crippen LogP contribution in [0.15, 0.2) is 30.3 Å². The van der Waals surface area contributed by atoms with Crippen LogP contribution in [0.3, 0.4) is 0 Å². The molecule has 0 aliphatic carbocycles. The zero-order valence-electron chi connectivity index (χ0n) is 12.1. The Morgan fingerprint density at radius 3 is 2.81 bits per heavy atom. The smallest absolute Gasteiger partial charge is 0.165 e. The molecule has 0 fully saturated rings. The molecule has 0 radical (unpaired) electrons. The molecule has 1 heterocycles. The van der Waals surface area contributed by atoms with Gasteiger partial charge in [-0.15, -0.1) is 0 Å². The fraction of sp³-hybridized carbons (Fsp3) is 0.235. The molecule has 0 aliphatic heterocycles. The van der Waals surface area contributed by atoms with E-state index in [4.69, 9.17) is 0 Å². The van der Waals surface area contributed by atoms with E-state index in [0.29, 0.717) is 5.56 Å². The van der Waals surface area contributed by atoms with Crippen LogP contribution in [0.25, 0.3) is 22.2 Å². The molecule has 0 bridgehead atoms. The van der Waals surface area contributed by atoms with Gasteiger partial charge >= 0.3 is 0 Å². The number of H-pyrrole nitrogens is 1. The maximum absolute atomic E-state index is 13.9. The number of aromatic nitrogens is 2. The number of aromatic amines is 1. The topological polar surface area (TPSA) is 48.9 Å². The highest BCUT2D eigenvalue weighted by Gasteiger charge is 2.12. The summed E-state index contributed by atoms with van der Waals surface area (Å²) >= 11 is 0. The first-order chi connectivity index (χ1) is 10.1. The van der Waals surface area contributed by atoms with Crippen LogP contribution in [0.5, 0.6) is 5.75 Å². The fourth-order valence-electron chi connectivity index (χ4n) is 2.61. The molecule has 0 atom stereocenters. The third-order valence-electron chi connectivity index (χ3n) is 3.57. The zero-order valence-corrected chi connectivity index (χ0v) is 12.1. The first-order valence-corrected chi connectivity index (χ1v) is 7.06. The number of nitrogens with zero attached hydrogens (tertiary/aromatic N) is 1. The number of imidazole rings is 1. The summed E-state index contributed by atoms with van der Waals surface area (Å²) in [6, 6.07) is 8.88. The van der Waals surface area contributed by atoms with E-state index in [9.17, 15) is 9.50 Å². The molecule has 0 saturated carbocycles. The molecule has 3 rings (SSSR count). The second-order valence-corrected chi connectivity index (χ2v) is 5.28. The number of phenolic OH excluding ortho intramolecular Hbond substituents is 1. The summed E-state index contributed by atoms with van der Waals surface area (Å²) in [7, 11) is 0. The van der Waals surface area contributed by atoms with Crippen molar-refractivity contribution in [1.29, 1.82) is 0 Å². The molecule has 1 aromatic heterocycles. The predicted octanol–water partition coefficient (Wildman–Crippen LogP) is 4.34. The standard InChI is InChI=1S/C17H17FN2O/c1-3-4-11-7-13(17(21)14(18)8-11)12-5-6-15-16(9-12)20-10(2)19-15/h5-9,21H,3-4H2,1-2H3,(H,19,20). The minimum Gasteiger partial charge on any atom is -0.504 e.